The van der Waals surface area contributed by atoms with E-state index in [0.717, 1.165) is 33.9 Å². The van der Waals surface area contributed by atoms with Gasteiger partial charge >= 0.3 is 6.01 Å². The van der Waals surface area contributed by atoms with Crippen molar-refractivity contribution in [3.63, 3.8) is 0 Å². The Labute approximate surface area is 229 Å². The lowest BCUT2D eigenvalue weighted by Crippen LogP contribution is -2.49. The molecule has 0 bridgehead atoms. The molecule has 1 saturated heterocycles. The number of ether oxygens (including phenoxy) is 1. The van der Waals surface area contributed by atoms with Crippen LogP contribution in [0.1, 0.15) is 28.8 Å². The molecule has 206 valence electrons. The average Bonchev–Trinajstić information content (AvgIpc) is 3.15. The van der Waals surface area contributed by atoms with Crippen molar-refractivity contribution >= 4 is 35.2 Å². The molecule has 2 amide bonds. The van der Waals surface area contributed by atoms with E-state index in [1.165, 1.54) is 11.1 Å². The minimum atomic E-state index is -0.305. The zero-order chi connectivity index (χ0) is 28.1. The predicted molar refractivity (Wildman–Crippen MR) is 152 cm³/mol. The minimum absolute atomic E-state index is 0.0329. The second-order valence-electron chi connectivity index (χ2n) is 9.93. The highest BCUT2D eigenvalue weighted by Gasteiger charge is 2.28. The summed E-state index contributed by atoms with van der Waals surface area (Å²) in [6.07, 6.45) is 8.21. The number of aromatic nitrogens is 2. The summed E-state index contributed by atoms with van der Waals surface area (Å²) >= 11 is 0. The molecule has 0 radical (unpaired) electrons. The second kappa shape index (κ2) is 12.0. The first-order chi connectivity index (χ1) is 18.7. The van der Waals surface area contributed by atoms with E-state index >= 15 is 0 Å². The fourth-order valence-corrected chi connectivity index (χ4v) is 5.08. The molecule has 11 heteroatoms. The highest BCUT2D eigenvalue weighted by atomic mass is 16.5. The van der Waals surface area contributed by atoms with Crippen molar-refractivity contribution in [2.45, 2.75) is 26.2 Å². The zero-order valence-corrected chi connectivity index (χ0v) is 22.9. The normalized spacial score (nSPS) is 15.2. The fourth-order valence-electron chi connectivity index (χ4n) is 5.08. The average molecular weight is 533 g/mol. The van der Waals surface area contributed by atoms with Gasteiger partial charge in [-0.2, -0.15) is 9.97 Å². The number of hydrogen-bond acceptors (Lipinski definition) is 9. The first-order valence-electron chi connectivity index (χ1n) is 13.1. The van der Waals surface area contributed by atoms with Crippen LogP contribution in [0.3, 0.4) is 0 Å². The van der Waals surface area contributed by atoms with Crippen LogP contribution in [-0.4, -0.2) is 97.8 Å². The van der Waals surface area contributed by atoms with E-state index in [1.54, 1.807) is 19.0 Å². The summed E-state index contributed by atoms with van der Waals surface area (Å²) in [5, 5.41) is 7.96. The molecular formula is C28H36N8O3. The molecule has 1 aromatic heterocycles. The molecule has 1 fully saturated rings. The Morgan fingerprint density at radius 3 is 2.51 bits per heavy atom. The maximum Gasteiger partial charge on any atom is 0.318 e. The topological polar surface area (TPSA) is 132 Å². The number of fused-ring (bicyclic) bond motifs is 1. The highest BCUT2D eigenvalue weighted by molar-refractivity contribution is 5.94. The Morgan fingerprint density at radius 1 is 1.13 bits per heavy atom. The van der Waals surface area contributed by atoms with Crippen LogP contribution in [-0.2, 0) is 22.4 Å². The number of amides is 2. The van der Waals surface area contributed by atoms with Gasteiger partial charge in [-0.3, -0.25) is 9.59 Å². The monoisotopic (exact) mass is 532 g/mol. The van der Waals surface area contributed by atoms with Gasteiger partial charge in [-0.1, -0.05) is 6.07 Å². The molecule has 0 spiro atoms. The quantitative estimate of drug-likeness (QED) is 0.308. The molecule has 0 saturated carbocycles. The summed E-state index contributed by atoms with van der Waals surface area (Å²) in [4.78, 5) is 41.2. The Balaban J connectivity index is 1.62. The number of anilines is 3. The fraction of sp³-hybridized carbons (Fsp3) is 0.464. The summed E-state index contributed by atoms with van der Waals surface area (Å²) in [7, 11) is 3.42. The third kappa shape index (κ3) is 6.06. The van der Waals surface area contributed by atoms with E-state index < -0.39 is 0 Å². The van der Waals surface area contributed by atoms with Gasteiger partial charge in [0.25, 0.3) is 5.91 Å². The Hall–Kier alpha value is -4.33. The number of nitrogens with one attached hydrogen (secondary N) is 1. The van der Waals surface area contributed by atoms with Gasteiger partial charge in [-0.15, -0.1) is 6.42 Å². The summed E-state index contributed by atoms with van der Waals surface area (Å²) in [5.41, 5.74) is 11.5. The number of nitrogen functional groups attached to an aromatic ring is 1. The van der Waals surface area contributed by atoms with Gasteiger partial charge in [0, 0.05) is 82.8 Å². The van der Waals surface area contributed by atoms with E-state index in [1.807, 2.05) is 19.1 Å². The van der Waals surface area contributed by atoms with Crippen molar-refractivity contribution in [3.8, 4) is 18.4 Å². The van der Waals surface area contributed by atoms with Crippen LogP contribution in [0.25, 0.3) is 0 Å². The van der Waals surface area contributed by atoms with Gasteiger partial charge in [0.05, 0.1) is 17.8 Å². The van der Waals surface area contributed by atoms with Crippen LogP contribution in [0.2, 0.25) is 0 Å². The van der Waals surface area contributed by atoms with E-state index in [2.05, 4.69) is 15.7 Å². The second-order valence-corrected chi connectivity index (χ2v) is 9.93. The highest BCUT2D eigenvalue weighted by Crippen LogP contribution is 2.33. The molecule has 0 unspecified atom stereocenters. The maximum atomic E-state index is 12.0. The minimum Gasteiger partial charge on any atom is -0.463 e. The van der Waals surface area contributed by atoms with E-state index in [9.17, 15) is 9.59 Å². The summed E-state index contributed by atoms with van der Waals surface area (Å²) in [5.74, 6) is 2.65. The number of nitrogens with zero attached hydrogens (tertiary/aromatic N) is 6. The first-order valence-corrected chi connectivity index (χ1v) is 13.1. The van der Waals surface area contributed by atoms with E-state index in [-0.39, 0.29) is 30.9 Å². The molecule has 0 atom stereocenters. The number of terminal acetylenes is 1. The lowest BCUT2D eigenvalue weighted by molar-refractivity contribution is -0.129. The molecule has 1 aromatic carbocycles. The predicted octanol–water partition coefficient (Wildman–Crippen LogP) is 1.11. The molecule has 2 aromatic rings. The van der Waals surface area contributed by atoms with Crippen molar-refractivity contribution in [2.24, 2.45) is 0 Å². The number of carbonyl (C=O) groups is 2. The number of aryl methyl sites for hydroxylation is 1. The van der Waals surface area contributed by atoms with Crippen LogP contribution >= 0.6 is 0 Å². The smallest absolute Gasteiger partial charge is 0.318 e. The Bertz CT molecular complexity index is 1290. The lowest BCUT2D eigenvalue weighted by Gasteiger charge is -2.35. The van der Waals surface area contributed by atoms with Gasteiger partial charge in [0.1, 0.15) is 12.4 Å². The van der Waals surface area contributed by atoms with Gasteiger partial charge < -0.3 is 35.5 Å². The number of piperazine rings is 1. The Morgan fingerprint density at radius 2 is 1.85 bits per heavy atom. The summed E-state index contributed by atoms with van der Waals surface area (Å²) in [6.45, 7) is 5.80. The van der Waals surface area contributed by atoms with Crippen molar-refractivity contribution < 1.29 is 14.3 Å². The van der Waals surface area contributed by atoms with Crippen LogP contribution in [0.15, 0.2) is 12.1 Å². The molecule has 2 aliphatic rings. The maximum absolute atomic E-state index is 12.0. The lowest BCUT2D eigenvalue weighted by atomic mass is 10.0. The van der Waals surface area contributed by atoms with Crippen molar-refractivity contribution in [1.29, 1.82) is 5.41 Å². The summed E-state index contributed by atoms with van der Waals surface area (Å²) < 4.78 is 5.88. The molecule has 3 N–H and O–H groups in total. The van der Waals surface area contributed by atoms with Crippen LogP contribution in [0.5, 0.6) is 6.01 Å². The first kappa shape index (κ1) is 27.7. The number of benzene rings is 1. The standard InChI is InChI=1S/C28H36N8O3/c1-5-24(37)34-13-15-36(16-14-34)27-20-8-11-35(26-19(2)6-7-22(30)21(26)18-29)12-9-23(20)31-28(32-27)39-17-10-25(38)33(3)4/h1,6-7,18,29H,8-17,30H2,2-4H3. The number of hydrogen-bond donors (Lipinski definition) is 2. The Kier molecular flexibility index (Phi) is 8.54. The van der Waals surface area contributed by atoms with Crippen LogP contribution in [0.4, 0.5) is 17.2 Å². The van der Waals surface area contributed by atoms with Crippen molar-refractivity contribution in [3.05, 3.63) is 34.5 Å². The molecule has 0 aliphatic carbocycles. The molecule has 2 aliphatic heterocycles. The number of rotatable bonds is 7. The number of carbonyl (C=O) groups excluding carboxylic acids is 2. The molecule has 39 heavy (non-hydrogen) atoms. The third-order valence-corrected chi connectivity index (χ3v) is 7.25. The zero-order valence-electron chi connectivity index (χ0n) is 22.9. The third-order valence-electron chi connectivity index (χ3n) is 7.25. The van der Waals surface area contributed by atoms with Crippen molar-refractivity contribution in [1.82, 2.24) is 19.8 Å². The van der Waals surface area contributed by atoms with Gasteiger partial charge in [0.2, 0.25) is 5.91 Å². The van der Waals surface area contributed by atoms with E-state index in [4.69, 9.17) is 32.3 Å². The summed E-state index contributed by atoms with van der Waals surface area (Å²) in [6, 6.07) is 4.06. The number of nitrogens with two attached hydrogens (primary N) is 1. The largest absolute Gasteiger partial charge is 0.463 e. The molecule has 4 rings (SSSR count). The SMILES string of the molecule is C#CC(=O)N1CCN(c2nc(OCCC(=O)N(C)C)nc3c2CCN(c2c(C)ccc(N)c2C=N)CC3)CC1. The van der Waals surface area contributed by atoms with Crippen LogP contribution < -0.4 is 20.3 Å². The van der Waals surface area contributed by atoms with Gasteiger partial charge in [0.15, 0.2) is 0 Å². The molecule has 3 heterocycles. The van der Waals surface area contributed by atoms with E-state index in [0.29, 0.717) is 57.8 Å². The van der Waals surface area contributed by atoms with Gasteiger partial charge in [-0.25, -0.2) is 0 Å². The molecule has 11 nitrogen and oxygen atoms in total. The van der Waals surface area contributed by atoms with Crippen LogP contribution in [0, 0.1) is 24.7 Å². The van der Waals surface area contributed by atoms with Gasteiger partial charge in [-0.05, 0) is 30.9 Å². The van der Waals surface area contributed by atoms with Crippen molar-refractivity contribution in [2.75, 3.05) is 75.5 Å². The molecular weight excluding hydrogens is 496 g/mol.